The van der Waals surface area contributed by atoms with Crippen molar-refractivity contribution in [1.29, 1.82) is 0 Å². The van der Waals surface area contributed by atoms with Gasteiger partial charge in [-0.2, -0.15) is 0 Å². The van der Waals surface area contributed by atoms with Crippen LogP contribution in [0.25, 0.3) is 0 Å². The highest BCUT2D eigenvalue weighted by Crippen LogP contribution is 2.23. The first-order valence-electron chi connectivity index (χ1n) is 30.8. The molecule has 2 fully saturated rings. The summed E-state index contributed by atoms with van der Waals surface area (Å²) in [5.41, 5.74) is 13.2. The van der Waals surface area contributed by atoms with E-state index in [9.17, 15) is 73.2 Å². The number of nitrogens with one attached hydrogen (secondary N) is 9. The molecule has 2 saturated heterocycles. The number of carboxylic acids is 1. The average Bonchev–Trinajstić information content (AvgIpc) is 1.81. The molecule has 0 aliphatic carbocycles. The lowest BCUT2D eigenvalue weighted by molar-refractivity contribution is -0.142. The number of carboxylic acid groups (broad SMARTS) is 1. The molecule has 2 aliphatic rings. The molecule has 0 radical (unpaired) electrons. The molecular weight excluding hydrogens is 1200 g/mol. The molecule has 28 heteroatoms. The molecule has 4 aromatic carbocycles. The van der Waals surface area contributed by atoms with Gasteiger partial charge in [0.1, 0.15) is 77.7 Å². The molecule has 500 valence electrons. The number of aromatic hydroxyl groups is 3. The fourth-order valence-electron chi connectivity index (χ4n) is 10.8. The van der Waals surface area contributed by atoms with Gasteiger partial charge in [-0.05, 0) is 109 Å². The molecule has 0 bridgehead atoms. The normalized spacial score (nSPS) is 23.8. The minimum atomic E-state index is -2.05. The molecule has 17 N–H and O–H groups in total. The van der Waals surface area contributed by atoms with Crippen LogP contribution in [0.5, 0.6) is 17.2 Å². The topological polar surface area (TPSA) is 449 Å². The molecule has 28 nitrogen and oxygen atoms in total. The van der Waals surface area contributed by atoms with Crippen LogP contribution in [0.1, 0.15) is 94.9 Å². The first-order valence-corrected chi connectivity index (χ1v) is 30.8. The van der Waals surface area contributed by atoms with E-state index in [0.717, 1.165) is 0 Å². The van der Waals surface area contributed by atoms with Crippen LogP contribution in [-0.4, -0.2) is 170 Å². The van der Waals surface area contributed by atoms with Gasteiger partial charge in [-0.3, -0.25) is 57.5 Å². The van der Waals surface area contributed by atoms with E-state index in [-0.39, 0.29) is 94.0 Å². The third-order valence-corrected chi connectivity index (χ3v) is 15.7. The molecule has 0 saturated carbocycles. The summed E-state index contributed by atoms with van der Waals surface area (Å²) in [6.45, 7) is 6.77. The highest BCUT2D eigenvalue weighted by molar-refractivity contribution is 6.01. The molecule has 93 heavy (non-hydrogen) atoms. The standard InChI is InChI=1S/C65H84N12O16/c1-35(2)28-45-57(85)75-51(32-40-18-24-43(80)25-19-40)65(93)77-27-9-13-52(77)63(91)74-47(30-38-14-20-41(78)21-15-38)59(87)70-46(29-37-10-6-5-7-11-37)58(86)72-49(33-53(67)81)60(88)73-50(34-54(82)83)61(89)71-48(31-39-16-22-42(79)23-17-39)62(90)76-55(36(3)4)64(92)68-44(12-8-26-66)56(84)69-45/h5-7,10-11,14-25,35-36,44-52,55,78-80H,8-9,12-13,26-34,66H2,1-4H3,(H2,67,81)(H,68,92)(H,69,84)(H,70,87)(H,71,89)(H,72,86)(H,73,88)(H,74,91)(H,75,85)(H,76,90)(H,82,83). The van der Waals surface area contributed by atoms with E-state index >= 15 is 4.79 Å². The van der Waals surface area contributed by atoms with Crippen molar-refractivity contribution >= 4 is 70.9 Å². The summed E-state index contributed by atoms with van der Waals surface area (Å²) in [5.74, 6) is -14.0. The summed E-state index contributed by atoms with van der Waals surface area (Å²) in [6, 6.07) is 9.32. The Morgan fingerprint density at radius 2 is 0.849 bits per heavy atom. The Kier molecular flexibility index (Phi) is 26.6. The van der Waals surface area contributed by atoms with Gasteiger partial charge in [-0.15, -0.1) is 0 Å². The van der Waals surface area contributed by atoms with Gasteiger partial charge in [0, 0.05) is 32.2 Å². The summed E-state index contributed by atoms with van der Waals surface area (Å²) in [7, 11) is 0. The van der Waals surface area contributed by atoms with Crippen LogP contribution in [0.15, 0.2) is 103 Å². The summed E-state index contributed by atoms with van der Waals surface area (Å²) < 4.78 is 0. The lowest BCUT2D eigenvalue weighted by atomic mass is 9.99. The zero-order chi connectivity index (χ0) is 68.1. The van der Waals surface area contributed by atoms with E-state index in [1.165, 1.54) is 77.7 Å². The first-order chi connectivity index (χ1) is 44.2. The second kappa shape index (κ2) is 34.3. The van der Waals surface area contributed by atoms with Gasteiger partial charge >= 0.3 is 5.97 Å². The van der Waals surface area contributed by atoms with Gasteiger partial charge < -0.3 is 84.6 Å². The summed E-state index contributed by atoms with van der Waals surface area (Å²) in [4.78, 5) is 173. The van der Waals surface area contributed by atoms with Crippen LogP contribution in [0.3, 0.4) is 0 Å². The Hall–Kier alpha value is -10.1. The van der Waals surface area contributed by atoms with Crippen LogP contribution >= 0.6 is 0 Å². The number of carbonyl (C=O) groups excluding carboxylic acids is 11. The Bertz CT molecular complexity index is 3300. The minimum absolute atomic E-state index is 0.000363. The van der Waals surface area contributed by atoms with E-state index in [0.29, 0.717) is 22.3 Å². The number of primary amides is 1. The monoisotopic (exact) mass is 1290 g/mol. The second-order valence-electron chi connectivity index (χ2n) is 24.0. The molecule has 4 aromatic rings. The van der Waals surface area contributed by atoms with Crippen molar-refractivity contribution in [2.75, 3.05) is 13.1 Å². The maximum Gasteiger partial charge on any atom is 0.305 e. The van der Waals surface area contributed by atoms with Crippen LogP contribution in [0.2, 0.25) is 0 Å². The average molecular weight is 1290 g/mol. The maximum absolute atomic E-state index is 15.1. The molecule has 0 aromatic heterocycles. The summed E-state index contributed by atoms with van der Waals surface area (Å²) in [6.07, 6.45) is -2.73. The molecule has 2 heterocycles. The molecule has 2 aliphatic heterocycles. The molecule has 10 atom stereocenters. The minimum Gasteiger partial charge on any atom is -0.508 e. The molecule has 10 unspecified atom stereocenters. The Labute approximate surface area is 537 Å². The summed E-state index contributed by atoms with van der Waals surface area (Å²) in [5, 5.41) is 63.9. The highest BCUT2D eigenvalue weighted by atomic mass is 16.4. The van der Waals surface area contributed by atoms with Crippen molar-refractivity contribution in [3.05, 3.63) is 125 Å². The Morgan fingerprint density at radius 1 is 0.473 bits per heavy atom. The van der Waals surface area contributed by atoms with E-state index in [1.807, 2.05) is 0 Å². The quantitative estimate of drug-likeness (QED) is 0.0582. The van der Waals surface area contributed by atoms with E-state index in [2.05, 4.69) is 47.9 Å². The van der Waals surface area contributed by atoms with Crippen LogP contribution in [-0.2, 0) is 83.2 Å². The van der Waals surface area contributed by atoms with Gasteiger partial charge in [0.05, 0.1) is 12.8 Å². The second-order valence-corrected chi connectivity index (χ2v) is 24.0. The number of amides is 11. The fraction of sp³-hybridized carbons (Fsp3) is 0.446. The van der Waals surface area contributed by atoms with Crippen molar-refractivity contribution in [3.63, 3.8) is 0 Å². The SMILES string of the molecule is CC(C)CC1NC(=O)C(CCCN)NC(=O)C(C(C)C)NC(=O)C(Cc2ccc(O)cc2)NC(=O)C(CC(=O)O)NC(=O)C(CC(N)=O)NC(=O)C(Cc2ccccc2)NC(=O)C(Cc2ccc(O)cc2)NC(=O)C2CCCN2C(=O)C(Cc2ccc(O)cc2)NC1=O. The highest BCUT2D eigenvalue weighted by Gasteiger charge is 2.42. The number of nitrogens with two attached hydrogens (primary N) is 2. The largest absolute Gasteiger partial charge is 0.508 e. The van der Waals surface area contributed by atoms with Crippen molar-refractivity contribution < 1.29 is 78.0 Å². The van der Waals surface area contributed by atoms with Crippen LogP contribution < -0.4 is 59.3 Å². The molecule has 11 amide bonds. The molecular formula is C65H84N12O16. The zero-order valence-electron chi connectivity index (χ0n) is 52.2. The number of phenolic OH excluding ortho intramolecular Hbond substituents is 3. The number of rotatable bonds is 18. The van der Waals surface area contributed by atoms with Gasteiger partial charge in [0.2, 0.25) is 65.0 Å². The number of nitrogens with zero attached hydrogens (tertiary/aromatic N) is 1. The maximum atomic E-state index is 15.1. The van der Waals surface area contributed by atoms with Crippen molar-refractivity contribution in [2.24, 2.45) is 23.3 Å². The predicted octanol–water partition coefficient (Wildman–Crippen LogP) is -0.767. The lowest BCUT2D eigenvalue weighted by Crippen LogP contribution is -2.62. The van der Waals surface area contributed by atoms with Gasteiger partial charge in [-0.25, -0.2) is 0 Å². The number of aliphatic carboxylic acids is 1. The number of phenols is 3. The Balaban J connectivity index is 1.47. The number of hydrogen-bond donors (Lipinski definition) is 15. The zero-order valence-corrected chi connectivity index (χ0v) is 52.2. The number of hydrogen-bond acceptors (Lipinski definition) is 16. The van der Waals surface area contributed by atoms with Gasteiger partial charge in [-0.1, -0.05) is 94.4 Å². The van der Waals surface area contributed by atoms with E-state index in [1.54, 1.807) is 58.0 Å². The van der Waals surface area contributed by atoms with Crippen LogP contribution in [0.4, 0.5) is 0 Å². The molecule has 0 spiro atoms. The Morgan fingerprint density at radius 3 is 1.30 bits per heavy atom. The van der Waals surface area contributed by atoms with Gasteiger partial charge in [0.25, 0.3) is 0 Å². The first kappa shape index (κ1) is 71.9. The van der Waals surface area contributed by atoms with Crippen LogP contribution in [0, 0.1) is 11.8 Å². The van der Waals surface area contributed by atoms with E-state index in [4.69, 9.17) is 11.5 Å². The number of benzene rings is 4. The van der Waals surface area contributed by atoms with Gasteiger partial charge in [0.15, 0.2) is 0 Å². The van der Waals surface area contributed by atoms with E-state index < -0.39 is 150 Å². The smallest absolute Gasteiger partial charge is 0.305 e. The fourth-order valence-corrected chi connectivity index (χ4v) is 10.8. The van der Waals surface area contributed by atoms with Crippen molar-refractivity contribution in [2.45, 2.75) is 159 Å². The summed E-state index contributed by atoms with van der Waals surface area (Å²) >= 11 is 0. The lowest BCUT2D eigenvalue weighted by Gasteiger charge is -2.32. The van der Waals surface area contributed by atoms with Crippen molar-refractivity contribution in [1.82, 2.24) is 52.8 Å². The third-order valence-electron chi connectivity index (χ3n) is 15.7. The number of carbonyl (C=O) groups is 12. The third kappa shape index (κ3) is 22.1. The molecule has 6 rings (SSSR count). The number of fused-ring (bicyclic) bond motifs is 1. The predicted molar refractivity (Wildman–Crippen MR) is 336 cm³/mol. The van der Waals surface area contributed by atoms with Crippen molar-refractivity contribution in [3.8, 4) is 17.2 Å².